The number of rotatable bonds is 4. The van der Waals surface area contributed by atoms with Crippen LogP contribution in [0.25, 0.3) is 0 Å². The van der Waals surface area contributed by atoms with Crippen molar-refractivity contribution < 1.29 is 14.4 Å². The van der Waals surface area contributed by atoms with E-state index in [2.05, 4.69) is 0 Å². The number of β-amino-alcohol motifs (C(OH)–C–C–N with tert-alkyl or cyclic N) is 1. The minimum absolute atomic E-state index is 0.224. The lowest BCUT2D eigenvalue weighted by atomic mass is 9.89. The van der Waals surface area contributed by atoms with Gasteiger partial charge in [0, 0.05) is 13.1 Å². The van der Waals surface area contributed by atoms with Crippen molar-refractivity contribution in [3.8, 4) is 0 Å². The number of likely N-dealkylation sites (tertiary alicyclic amines) is 1. The fraction of sp³-hybridized carbons (Fsp3) is 0.636. The normalized spacial score (nSPS) is 23.4. The molecule has 0 spiro atoms. The Bertz CT molecular complexity index is 446. The van der Waals surface area contributed by atoms with Crippen LogP contribution in [0.5, 0.6) is 0 Å². The molecule has 0 amide bonds. The summed E-state index contributed by atoms with van der Waals surface area (Å²) in [4.78, 5) is 11.9. The molecular formula is C11H14N2O4. The van der Waals surface area contributed by atoms with E-state index in [4.69, 9.17) is 4.42 Å². The van der Waals surface area contributed by atoms with Crippen molar-refractivity contribution in [1.29, 1.82) is 0 Å². The molecule has 1 saturated heterocycles. The fourth-order valence-electron chi connectivity index (χ4n) is 2.49. The van der Waals surface area contributed by atoms with Gasteiger partial charge in [0.05, 0.1) is 18.2 Å². The van der Waals surface area contributed by atoms with Gasteiger partial charge in [-0.15, -0.1) is 0 Å². The Hall–Kier alpha value is -1.40. The summed E-state index contributed by atoms with van der Waals surface area (Å²) in [5, 5.41) is 20.6. The maximum Gasteiger partial charge on any atom is 0.433 e. The second kappa shape index (κ2) is 3.54. The zero-order valence-electron chi connectivity index (χ0n) is 9.33. The quantitative estimate of drug-likeness (QED) is 0.628. The molecule has 17 heavy (non-hydrogen) atoms. The van der Waals surface area contributed by atoms with Crippen LogP contribution in [0.4, 0.5) is 5.88 Å². The number of hydrogen-bond acceptors (Lipinski definition) is 5. The Morgan fingerprint density at radius 3 is 2.76 bits per heavy atom. The maximum absolute atomic E-state index is 10.4. The monoisotopic (exact) mass is 238 g/mol. The molecule has 1 aliphatic carbocycles. The van der Waals surface area contributed by atoms with Gasteiger partial charge in [0.2, 0.25) is 0 Å². The molecule has 1 aromatic rings. The smallest absolute Gasteiger partial charge is 0.404 e. The largest absolute Gasteiger partial charge is 0.433 e. The van der Waals surface area contributed by atoms with Crippen LogP contribution < -0.4 is 0 Å². The van der Waals surface area contributed by atoms with Gasteiger partial charge < -0.3 is 9.52 Å². The Kier molecular flexibility index (Phi) is 2.24. The molecule has 0 aromatic carbocycles. The van der Waals surface area contributed by atoms with E-state index < -0.39 is 10.5 Å². The van der Waals surface area contributed by atoms with Crippen LogP contribution in [0.2, 0.25) is 0 Å². The zero-order chi connectivity index (χ0) is 12.0. The van der Waals surface area contributed by atoms with E-state index in [0.717, 1.165) is 12.8 Å². The Morgan fingerprint density at radius 1 is 1.53 bits per heavy atom. The molecule has 1 N–H and O–H groups in total. The predicted molar refractivity (Wildman–Crippen MR) is 58.3 cm³/mol. The van der Waals surface area contributed by atoms with Crippen LogP contribution >= 0.6 is 0 Å². The summed E-state index contributed by atoms with van der Waals surface area (Å²) in [6, 6.07) is 2.98. The molecule has 2 aliphatic rings. The number of nitrogens with zero attached hydrogens (tertiary/aromatic N) is 2. The van der Waals surface area contributed by atoms with Crippen LogP contribution in [0.3, 0.4) is 0 Å². The van der Waals surface area contributed by atoms with Crippen LogP contribution in [0.15, 0.2) is 16.5 Å². The first-order chi connectivity index (χ1) is 8.07. The lowest BCUT2D eigenvalue weighted by molar-refractivity contribution is -0.402. The third-order valence-corrected chi connectivity index (χ3v) is 3.54. The predicted octanol–water partition coefficient (Wildman–Crippen LogP) is 1.14. The molecule has 2 fully saturated rings. The van der Waals surface area contributed by atoms with E-state index in [9.17, 15) is 15.2 Å². The van der Waals surface area contributed by atoms with Crippen molar-refractivity contribution in [3.63, 3.8) is 0 Å². The summed E-state index contributed by atoms with van der Waals surface area (Å²) in [6.45, 7) is 1.82. The van der Waals surface area contributed by atoms with Crippen molar-refractivity contribution >= 4 is 5.88 Å². The molecule has 1 aliphatic heterocycles. The molecule has 0 bridgehead atoms. The Morgan fingerprint density at radius 2 is 2.24 bits per heavy atom. The van der Waals surface area contributed by atoms with Gasteiger partial charge in [-0.05, 0) is 24.8 Å². The first kappa shape index (κ1) is 10.7. The van der Waals surface area contributed by atoms with E-state index in [1.165, 1.54) is 6.07 Å². The summed E-state index contributed by atoms with van der Waals surface area (Å²) in [6.07, 6.45) is 2.24. The summed E-state index contributed by atoms with van der Waals surface area (Å²) >= 11 is 0. The minimum atomic E-state index is -0.542. The first-order valence-corrected chi connectivity index (χ1v) is 5.75. The number of nitro groups is 1. The second-order valence-electron chi connectivity index (χ2n) is 5.02. The van der Waals surface area contributed by atoms with Gasteiger partial charge in [0.1, 0.15) is 10.7 Å². The molecule has 6 heteroatoms. The van der Waals surface area contributed by atoms with Gasteiger partial charge >= 0.3 is 5.88 Å². The molecule has 0 radical (unpaired) electrons. The number of aliphatic hydroxyl groups is 1. The molecule has 0 atom stereocenters. The van der Waals surface area contributed by atoms with Crippen LogP contribution in [-0.2, 0) is 6.54 Å². The average molecular weight is 238 g/mol. The summed E-state index contributed by atoms with van der Waals surface area (Å²) in [5.41, 5.74) is -0.515. The Labute approximate surface area is 98.0 Å². The molecule has 2 heterocycles. The van der Waals surface area contributed by atoms with Crippen molar-refractivity contribution in [1.82, 2.24) is 4.90 Å². The minimum Gasteiger partial charge on any atom is -0.404 e. The first-order valence-electron chi connectivity index (χ1n) is 5.75. The molecule has 92 valence electrons. The van der Waals surface area contributed by atoms with E-state index in [-0.39, 0.29) is 5.88 Å². The topological polar surface area (TPSA) is 79.8 Å². The lowest BCUT2D eigenvalue weighted by Gasteiger charge is -2.46. The van der Waals surface area contributed by atoms with E-state index in [0.29, 0.717) is 31.3 Å². The van der Waals surface area contributed by atoms with Gasteiger partial charge in [-0.3, -0.25) is 15.0 Å². The lowest BCUT2D eigenvalue weighted by Crippen LogP contribution is -2.62. The summed E-state index contributed by atoms with van der Waals surface area (Å²) in [5.74, 6) is 0.817. The third kappa shape index (κ3) is 1.94. The highest BCUT2D eigenvalue weighted by molar-refractivity contribution is 5.18. The molecular weight excluding hydrogens is 224 g/mol. The van der Waals surface area contributed by atoms with Crippen LogP contribution in [0, 0.1) is 16.0 Å². The molecule has 0 unspecified atom stereocenters. The molecule has 3 rings (SSSR count). The highest BCUT2D eigenvalue weighted by Gasteiger charge is 2.51. The van der Waals surface area contributed by atoms with Gasteiger partial charge in [-0.1, -0.05) is 0 Å². The summed E-state index contributed by atoms with van der Waals surface area (Å²) < 4.78 is 5.07. The summed E-state index contributed by atoms with van der Waals surface area (Å²) in [7, 11) is 0. The van der Waals surface area contributed by atoms with E-state index in [1.54, 1.807) is 6.07 Å². The molecule has 1 aromatic heterocycles. The van der Waals surface area contributed by atoms with Crippen LogP contribution in [-0.4, -0.2) is 33.6 Å². The standard InChI is InChI=1S/C11H14N2O4/c14-11(8-1-2-8)6-12(7-11)5-9-3-4-10(17-9)13(15)16/h3-4,8,14H,1-2,5-7H2. The fourth-order valence-corrected chi connectivity index (χ4v) is 2.49. The van der Waals surface area contributed by atoms with Gasteiger partial charge in [-0.25, -0.2) is 0 Å². The highest BCUT2D eigenvalue weighted by Crippen LogP contribution is 2.44. The highest BCUT2D eigenvalue weighted by atomic mass is 16.6. The number of hydrogen-bond donors (Lipinski definition) is 1. The molecule has 6 nitrogen and oxygen atoms in total. The maximum atomic E-state index is 10.4. The van der Waals surface area contributed by atoms with Crippen molar-refractivity contribution in [2.75, 3.05) is 13.1 Å². The zero-order valence-corrected chi connectivity index (χ0v) is 9.33. The average Bonchev–Trinajstić information content (AvgIpc) is 2.97. The third-order valence-electron chi connectivity index (χ3n) is 3.54. The van der Waals surface area contributed by atoms with Gasteiger partial charge in [0.15, 0.2) is 0 Å². The van der Waals surface area contributed by atoms with Gasteiger partial charge in [-0.2, -0.15) is 0 Å². The number of furan rings is 1. The van der Waals surface area contributed by atoms with Crippen molar-refractivity contribution in [2.45, 2.75) is 25.0 Å². The van der Waals surface area contributed by atoms with Crippen LogP contribution in [0.1, 0.15) is 18.6 Å². The van der Waals surface area contributed by atoms with E-state index in [1.807, 2.05) is 4.90 Å². The Balaban J connectivity index is 1.56. The second-order valence-corrected chi connectivity index (χ2v) is 5.02. The SMILES string of the molecule is O=[N+]([O-])c1ccc(CN2CC(O)(C3CC3)C2)o1. The van der Waals surface area contributed by atoms with Crippen molar-refractivity contribution in [2.24, 2.45) is 5.92 Å². The van der Waals surface area contributed by atoms with Crippen molar-refractivity contribution in [3.05, 3.63) is 28.0 Å². The molecule has 1 saturated carbocycles. The van der Waals surface area contributed by atoms with E-state index >= 15 is 0 Å². The van der Waals surface area contributed by atoms with Gasteiger partial charge in [0.25, 0.3) is 0 Å².